The standard InChI is InChI=1S/C16H14FN3OS2/c17-12-4-1-3-11(9-12)15-19-13(10-23-15)6-7-18-16(21)20-14-5-2-8-22-14/h1-5,8-10H,6-7H2,(H2,18,20,21). The van der Waals surface area contributed by atoms with E-state index < -0.39 is 0 Å². The Labute approximate surface area is 141 Å². The molecule has 2 amide bonds. The SMILES string of the molecule is O=C(NCCc1csc(-c2cccc(F)c2)n1)Nc1cccs1. The lowest BCUT2D eigenvalue weighted by atomic mass is 10.2. The Hall–Kier alpha value is -2.25. The number of aromatic nitrogens is 1. The molecule has 0 saturated heterocycles. The molecule has 3 rings (SSSR count). The number of benzene rings is 1. The lowest BCUT2D eigenvalue weighted by Crippen LogP contribution is -2.30. The second-order valence-corrected chi connectivity index (χ2v) is 6.57. The second-order valence-electron chi connectivity index (χ2n) is 4.76. The Morgan fingerprint density at radius 3 is 2.91 bits per heavy atom. The molecule has 0 fully saturated rings. The Morgan fingerprint density at radius 1 is 1.22 bits per heavy atom. The second kappa shape index (κ2) is 7.34. The van der Waals surface area contributed by atoms with Crippen molar-refractivity contribution in [3.63, 3.8) is 0 Å². The fraction of sp³-hybridized carbons (Fsp3) is 0.125. The quantitative estimate of drug-likeness (QED) is 0.720. The van der Waals surface area contributed by atoms with Gasteiger partial charge in [0.1, 0.15) is 10.8 Å². The largest absolute Gasteiger partial charge is 0.337 e. The smallest absolute Gasteiger partial charge is 0.319 e. The van der Waals surface area contributed by atoms with Crippen LogP contribution in [0.2, 0.25) is 0 Å². The molecule has 118 valence electrons. The van der Waals surface area contributed by atoms with Crippen LogP contribution in [0.3, 0.4) is 0 Å². The minimum Gasteiger partial charge on any atom is -0.337 e. The predicted octanol–water partition coefficient (Wildman–Crippen LogP) is 4.37. The van der Waals surface area contributed by atoms with E-state index in [4.69, 9.17) is 0 Å². The van der Waals surface area contributed by atoms with Gasteiger partial charge in [-0.3, -0.25) is 5.32 Å². The summed E-state index contributed by atoms with van der Waals surface area (Å²) in [4.78, 5) is 16.2. The number of carbonyl (C=O) groups is 1. The first-order chi connectivity index (χ1) is 11.2. The summed E-state index contributed by atoms with van der Waals surface area (Å²) in [6.45, 7) is 0.490. The number of hydrogen-bond donors (Lipinski definition) is 2. The zero-order valence-corrected chi connectivity index (χ0v) is 13.7. The van der Waals surface area contributed by atoms with Gasteiger partial charge in [0.05, 0.1) is 10.7 Å². The van der Waals surface area contributed by atoms with Crippen molar-refractivity contribution < 1.29 is 9.18 Å². The molecule has 0 aliphatic carbocycles. The minimum atomic E-state index is -0.272. The summed E-state index contributed by atoms with van der Waals surface area (Å²) < 4.78 is 13.2. The van der Waals surface area contributed by atoms with Gasteiger partial charge in [0.25, 0.3) is 0 Å². The van der Waals surface area contributed by atoms with Gasteiger partial charge in [0, 0.05) is 23.9 Å². The average Bonchev–Trinajstić information content (AvgIpc) is 3.19. The number of thiophene rings is 1. The Bertz CT molecular complexity index is 786. The van der Waals surface area contributed by atoms with E-state index in [0.29, 0.717) is 13.0 Å². The van der Waals surface area contributed by atoms with Gasteiger partial charge in [0.2, 0.25) is 0 Å². The molecule has 0 saturated carbocycles. The van der Waals surface area contributed by atoms with Crippen LogP contribution in [-0.4, -0.2) is 17.6 Å². The van der Waals surface area contributed by atoms with Crippen molar-refractivity contribution in [2.45, 2.75) is 6.42 Å². The Morgan fingerprint density at radius 2 is 2.13 bits per heavy atom. The van der Waals surface area contributed by atoms with Crippen LogP contribution in [0.4, 0.5) is 14.2 Å². The normalized spacial score (nSPS) is 10.5. The molecule has 2 heterocycles. The number of nitrogens with zero attached hydrogens (tertiary/aromatic N) is 1. The number of carbonyl (C=O) groups excluding carboxylic acids is 1. The van der Waals surface area contributed by atoms with E-state index >= 15 is 0 Å². The third kappa shape index (κ3) is 4.37. The minimum absolute atomic E-state index is 0.229. The third-order valence-electron chi connectivity index (χ3n) is 3.05. The maximum Gasteiger partial charge on any atom is 0.319 e. The molecule has 0 aliphatic heterocycles. The predicted molar refractivity (Wildman–Crippen MR) is 92.6 cm³/mol. The maximum absolute atomic E-state index is 13.2. The summed E-state index contributed by atoms with van der Waals surface area (Å²) >= 11 is 2.94. The molecule has 2 N–H and O–H groups in total. The Balaban J connectivity index is 1.50. The first-order valence-electron chi connectivity index (χ1n) is 6.99. The molecule has 0 bridgehead atoms. The summed E-state index contributed by atoms with van der Waals surface area (Å²) in [7, 11) is 0. The van der Waals surface area contributed by atoms with Gasteiger partial charge in [-0.25, -0.2) is 14.2 Å². The number of halogens is 1. The number of rotatable bonds is 5. The molecule has 0 atom stereocenters. The van der Waals surface area contributed by atoms with Crippen molar-refractivity contribution in [2.75, 3.05) is 11.9 Å². The van der Waals surface area contributed by atoms with Crippen LogP contribution in [-0.2, 0) is 6.42 Å². The van der Waals surface area contributed by atoms with Crippen molar-refractivity contribution >= 4 is 33.7 Å². The van der Waals surface area contributed by atoms with Crippen LogP contribution in [0.25, 0.3) is 10.6 Å². The van der Waals surface area contributed by atoms with Gasteiger partial charge in [-0.2, -0.15) is 0 Å². The number of hydrogen-bond acceptors (Lipinski definition) is 4. The molecule has 3 aromatic rings. The van der Waals surface area contributed by atoms with Gasteiger partial charge in [0.15, 0.2) is 0 Å². The van der Waals surface area contributed by atoms with Crippen LogP contribution in [0.1, 0.15) is 5.69 Å². The van der Waals surface area contributed by atoms with E-state index in [-0.39, 0.29) is 11.8 Å². The molecular weight excluding hydrogens is 333 g/mol. The summed E-state index contributed by atoms with van der Waals surface area (Å²) in [5.41, 5.74) is 1.65. The highest BCUT2D eigenvalue weighted by Gasteiger charge is 2.07. The van der Waals surface area contributed by atoms with Gasteiger partial charge < -0.3 is 5.32 Å². The Kier molecular flexibility index (Phi) is 4.99. The van der Waals surface area contributed by atoms with Crippen LogP contribution in [0, 0.1) is 5.82 Å². The summed E-state index contributed by atoms with van der Waals surface area (Å²) in [5, 5.41) is 11.0. The van der Waals surface area contributed by atoms with Crippen LogP contribution in [0.5, 0.6) is 0 Å². The van der Waals surface area contributed by atoms with Gasteiger partial charge in [-0.15, -0.1) is 22.7 Å². The van der Waals surface area contributed by atoms with Gasteiger partial charge in [-0.05, 0) is 29.6 Å². The number of urea groups is 1. The van der Waals surface area contributed by atoms with E-state index in [0.717, 1.165) is 21.3 Å². The summed E-state index contributed by atoms with van der Waals surface area (Å²) in [5.74, 6) is -0.272. The summed E-state index contributed by atoms with van der Waals surface area (Å²) in [6.07, 6.45) is 0.629. The topological polar surface area (TPSA) is 54.0 Å². The van der Waals surface area contributed by atoms with Crippen molar-refractivity contribution in [3.8, 4) is 10.6 Å². The van der Waals surface area contributed by atoms with Crippen molar-refractivity contribution in [3.05, 3.63) is 58.7 Å². The van der Waals surface area contributed by atoms with Crippen molar-refractivity contribution in [2.24, 2.45) is 0 Å². The number of anilines is 1. The molecule has 0 radical (unpaired) electrons. The lowest BCUT2D eigenvalue weighted by molar-refractivity contribution is 0.252. The molecule has 23 heavy (non-hydrogen) atoms. The molecular formula is C16H14FN3OS2. The zero-order valence-electron chi connectivity index (χ0n) is 12.1. The van der Waals surface area contributed by atoms with E-state index in [1.807, 2.05) is 29.0 Å². The van der Waals surface area contributed by atoms with E-state index in [9.17, 15) is 9.18 Å². The highest BCUT2D eigenvalue weighted by molar-refractivity contribution is 7.14. The molecule has 7 heteroatoms. The van der Waals surface area contributed by atoms with Crippen molar-refractivity contribution in [1.82, 2.24) is 10.3 Å². The molecule has 0 unspecified atom stereocenters. The van der Waals surface area contributed by atoms with E-state index in [2.05, 4.69) is 15.6 Å². The number of thiazole rings is 1. The molecule has 2 aromatic heterocycles. The van der Waals surface area contributed by atoms with Crippen LogP contribution >= 0.6 is 22.7 Å². The maximum atomic E-state index is 13.2. The molecule has 1 aromatic carbocycles. The van der Waals surface area contributed by atoms with Gasteiger partial charge in [-0.1, -0.05) is 12.1 Å². The fourth-order valence-corrected chi connectivity index (χ4v) is 3.45. The third-order valence-corrected chi connectivity index (χ3v) is 4.77. The zero-order chi connectivity index (χ0) is 16.1. The molecule has 0 aliphatic rings. The molecule has 4 nitrogen and oxygen atoms in total. The number of nitrogens with one attached hydrogen (secondary N) is 2. The summed E-state index contributed by atoms with van der Waals surface area (Å²) in [6, 6.07) is 9.87. The highest BCUT2D eigenvalue weighted by atomic mass is 32.1. The first-order valence-corrected chi connectivity index (χ1v) is 8.75. The van der Waals surface area contributed by atoms with Gasteiger partial charge >= 0.3 is 6.03 Å². The van der Waals surface area contributed by atoms with E-state index in [1.54, 1.807) is 6.07 Å². The lowest BCUT2D eigenvalue weighted by Gasteiger charge is -2.04. The monoisotopic (exact) mass is 347 g/mol. The van der Waals surface area contributed by atoms with E-state index in [1.165, 1.54) is 34.8 Å². The molecule has 0 spiro atoms. The van der Waals surface area contributed by atoms with Crippen molar-refractivity contribution in [1.29, 1.82) is 0 Å². The number of amides is 2. The average molecular weight is 347 g/mol. The van der Waals surface area contributed by atoms with Crippen LogP contribution < -0.4 is 10.6 Å². The fourth-order valence-electron chi connectivity index (χ4n) is 1.99. The first kappa shape index (κ1) is 15.6. The highest BCUT2D eigenvalue weighted by Crippen LogP contribution is 2.24. The van der Waals surface area contributed by atoms with Crippen LogP contribution in [0.15, 0.2) is 47.2 Å².